The molecule has 0 spiro atoms. The number of hydrogen-bond donors (Lipinski definition) is 2. The Morgan fingerprint density at radius 3 is 2.17 bits per heavy atom. The first-order valence-electron chi connectivity index (χ1n) is 9.62. The van der Waals surface area contributed by atoms with Crippen molar-refractivity contribution in [3.8, 4) is 0 Å². The molecule has 0 unspecified atom stereocenters. The van der Waals surface area contributed by atoms with Crippen molar-refractivity contribution < 1.29 is 9.59 Å². The zero-order chi connectivity index (χ0) is 20.1. The Balaban J connectivity index is 0.00000256. The van der Waals surface area contributed by atoms with E-state index in [-0.39, 0.29) is 25.5 Å². The van der Waals surface area contributed by atoms with Crippen molar-refractivity contribution in [3.63, 3.8) is 0 Å². The van der Waals surface area contributed by atoms with E-state index in [9.17, 15) is 9.59 Å². The van der Waals surface area contributed by atoms with Gasteiger partial charge in [-0.2, -0.15) is 0 Å². The molecule has 0 bridgehead atoms. The van der Waals surface area contributed by atoms with Gasteiger partial charge in [-0.3, -0.25) is 9.59 Å². The normalized spacial score (nSPS) is 13.6. The van der Waals surface area contributed by atoms with Crippen molar-refractivity contribution in [2.75, 3.05) is 5.32 Å². The van der Waals surface area contributed by atoms with Gasteiger partial charge in [-0.15, -0.1) is 0 Å². The highest BCUT2D eigenvalue weighted by molar-refractivity contribution is 6.00. The van der Waals surface area contributed by atoms with Crippen LogP contribution < -0.4 is 10.6 Å². The monoisotopic (exact) mass is 402 g/mol. The fourth-order valence-corrected chi connectivity index (χ4v) is 3.25. The summed E-state index contributed by atoms with van der Waals surface area (Å²) in [6.07, 6.45) is 6.04. The molecule has 154 valence electrons. The van der Waals surface area contributed by atoms with E-state index in [2.05, 4.69) is 20.6 Å². The first-order chi connectivity index (χ1) is 14.1. The molecule has 6 nitrogen and oxygen atoms in total. The average Bonchev–Trinajstić information content (AvgIpc) is 3.55. The summed E-state index contributed by atoms with van der Waals surface area (Å²) in [4.78, 5) is 32.8. The van der Waals surface area contributed by atoms with Gasteiger partial charge in [0.25, 0.3) is 0 Å². The number of benzene rings is 2. The first kappa shape index (κ1) is 21.2. The number of carbonyl (C=O) groups excluding carboxylic acids is 2. The standard InChI is InChI=1S/C23H22N4O2.CH4/c28-21(18-14-24-16-25-15-18)12-23(10-11-23)22(29)26-13-17-6-8-20(9-7-17)27-19-4-2-1-3-5-19;/h1-9,14-16,27H,10-13H2,(H,26,29);1H4. The summed E-state index contributed by atoms with van der Waals surface area (Å²) in [5, 5.41) is 6.32. The van der Waals surface area contributed by atoms with E-state index in [4.69, 9.17) is 0 Å². The Morgan fingerprint density at radius 1 is 0.900 bits per heavy atom. The van der Waals surface area contributed by atoms with Crippen molar-refractivity contribution in [1.82, 2.24) is 15.3 Å². The number of aromatic nitrogens is 2. The number of nitrogens with one attached hydrogen (secondary N) is 2. The lowest BCUT2D eigenvalue weighted by atomic mass is 9.95. The number of amides is 1. The third-order valence-corrected chi connectivity index (χ3v) is 5.19. The van der Waals surface area contributed by atoms with Gasteiger partial charge >= 0.3 is 0 Å². The third kappa shape index (κ3) is 5.08. The summed E-state index contributed by atoms with van der Waals surface area (Å²) in [6.45, 7) is 0.439. The zero-order valence-corrected chi connectivity index (χ0v) is 16.0. The fourth-order valence-electron chi connectivity index (χ4n) is 3.25. The molecule has 3 aromatic rings. The van der Waals surface area contributed by atoms with E-state index >= 15 is 0 Å². The lowest BCUT2D eigenvalue weighted by molar-refractivity contribution is -0.126. The van der Waals surface area contributed by atoms with Crippen molar-refractivity contribution in [2.24, 2.45) is 5.41 Å². The molecular weight excluding hydrogens is 376 g/mol. The van der Waals surface area contributed by atoms with Crippen molar-refractivity contribution in [2.45, 2.75) is 33.2 Å². The summed E-state index contributed by atoms with van der Waals surface area (Å²) in [6, 6.07) is 17.9. The Morgan fingerprint density at radius 2 is 1.53 bits per heavy atom. The highest BCUT2D eigenvalue weighted by atomic mass is 16.2. The molecule has 1 saturated carbocycles. The highest BCUT2D eigenvalue weighted by Gasteiger charge is 2.50. The molecule has 2 N–H and O–H groups in total. The largest absolute Gasteiger partial charge is 0.356 e. The van der Waals surface area contributed by atoms with E-state index < -0.39 is 5.41 Å². The Hall–Kier alpha value is -3.54. The summed E-state index contributed by atoms with van der Waals surface area (Å²) in [7, 11) is 0. The van der Waals surface area contributed by atoms with Gasteiger partial charge in [-0.05, 0) is 42.7 Å². The number of carbonyl (C=O) groups is 2. The van der Waals surface area contributed by atoms with Crippen LogP contribution in [-0.2, 0) is 11.3 Å². The zero-order valence-electron chi connectivity index (χ0n) is 16.0. The van der Waals surface area contributed by atoms with Gasteiger partial charge in [-0.1, -0.05) is 37.8 Å². The summed E-state index contributed by atoms with van der Waals surface area (Å²) < 4.78 is 0. The van der Waals surface area contributed by atoms with Gasteiger partial charge in [0.1, 0.15) is 6.33 Å². The molecule has 6 heteroatoms. The van der Waals surface area contributed by atoms with Crippen LogP contribution in [0.2, 0.25) is 0 Å². The molecule has 0 radical (unpaired) electrons. The lowest BCUT2D eigenvalue weighted by Crippen LogP contribution is -2.33. The highest BCUT2D eigenvalue weighted by Crippen LogP contribution is 2.49. The topological polar surface area (TPSA) is 84.0 Å². The van der Waals surface area contributed by atoms with Crippen LogP contribution in [0.1, 0.15) is 42.6 Å². The number of hydrogen-bond acceptors (Lipinski definition) is 5. The molecule has 0 atom stereocenters. The maximum absolute atomic E-state index is 12.7. The maximum atomic E-state index is 12.7. The van der Waals surface area contributed by atoms with Gasteiger partial charge in [0, 0.05) is 36.7 Å². The molecule has 2 aromatic carbocycles. The second-order valence-electron chi connectivity index (χ2n) is 7.38. The fraction of sp³-hybridized carbons (Fsp3) is 0.250. The van der Waals surface area contributed by atoms with E-state index in [1.165, 1.54) is 18.7 Å². The van der Waals surface area contributed by atoms with Crippen molar-refractivity contribution in [1.29, 1.82) is 0 Å². The minimum atomic E-state index is -0.582. The van der Waals surface area contributed by atoms with Crippen LogP contribution in [0.5, 0.6) is 0 Å². The van der Waals surface area contributed by atoms with E-state index in [0.29, 0.717) is 12.1 Å². The molecule has 0 saturated heterocycles. The number of nitrogens with zero attached hydrogens (tertiary/aromatic N) is 2. The SMILES string of the molecule is C.O=C(CC1(C(=O)NCc2ccc(Nc3ccccc3)cc2)CC1)c1cncnc1. The number of Topliss-reactive ketones (excluding diaryl/α,β-unsaturated/α-hetero) is 1. The quantitative estimate of drug-likeness (QED) is 0.541. The van der Waals surface area contributed by atoms with E-state index in [0.717, 1.165) is 29.8 Å². The van der Waals surface area contributed by atoms with E-state index in [1.807, 2.05) is 54.6 Å². The molecule has 4 rings (SSSR count). The Labute approximate surface area is 176 Å². The number of para-hydroxylation sites is 1. The molecule has 1 aliphatic rings. The van der Waals surface area contributed by atoms with Gasteiger partial charge in [0.2, 0.25) is 5.91 Å². The van der Waals surface area contributed by atoms with Crippen LogP contribution >= 0.6 is 0 Å². The van der Waals surface area contributed by atoms with Gasteiger partial charge < -0.3 is 10.6 Å². The summed E-state index contributed by atoms with van der Waals surface area (Å²) in [5.41, 5.74) is 2.89. The van der Waals surface area contributed by atoms with Gasteiger partial charge in [0.15, 0.2) is 5.78 Å². The first-order valence-corrected chi connectivity index (χ1v) is 9.62. The van der Waals surface area contributed by atoms with Crippen LogP contribution in [0, 0.1) is 5.41 Å². The molecule has 1 heterocycles. The predicted molar refractivity (Wildman–Crippen MR) is 117 cm³/mol. The summed E-state index contributed by atoms with van der Waals surface area (Å²) in [5.74, 6) is -0.149. The summed E-state index contributed by atoms with van der Waals surface area (Å²) >= 11 is 0. The maximum Gasteiger partial charge on any atom is 0.226 e. The van der Waals surface area contributed by atoms with Crippen molar-refractivity contribution in [3.05, 3.63) is 84.4 Å². The number of rotatable bonds is 8. The molecule has 0 aliphatic heterocycles. The van der Waals surface area contributed by atoms with E-state index in [1.54, 1.807) is 0 Å². The van der Waals surface area contributed by atoms with Gasteiger partial charge in [-0.25, -0.2) is 9.97 Å². The minimum Gasteiger partial charge on any atom is -0.356 e. The smallest absolute Gasteiger partial charge is 0.226 e. The predicted octanol–water partition coefficient (Wildman–Crippen LogP) is 4.53. The Kier molecular flexibility index (Phi) is 6.57. The van der Waals surface area contributed by atoms with Crippen LogP contribution in [0.15, 0.2) is 73.3 Å². The molecule has 1 amide bonds. The lowest BCUT2D eigenvalue weighted by Gasteiger charge is -2.15. The minimum absolute atomic E-state index is 0. The molecule has 1 fully saturated rings. The van der Waals surface area contributed by atoms with Crippen molar-refractivity contribution >= 4 is 23.1 Å². The third-order valence-electron chi connectivity index (χ3n) is 5.19. The van der Waals surface area contributed by atoms with Crippen LogP contribution in [0.4, 0.5) is 11.4 Å². The average molecular weight is 402 g/mol. The second-order valence-corrected chi connectivity index (χ2v) is 7.38. The molecule has 1 aromatic heterocycles. The number of ketones is 1. The molecular formula is C24H26N4O2. The molecule has 30 heavy (non-hydrogen) atoms. The van der Waals surface area contributed by atoms with Crippen LogP contribution in [0.3, 0.4) is 0 Å². The van der Waals surface area contributed by atoms with Crippen LogP contribution in [0.25, 0.3) is 0 Å². The van der Waals surface area contributed by atoms with Gasteiger partial charge in [0.05, 0.1) is 11.0 Å². The Bertz CT molecular complexity index is 985. The second kappa shape index (κ2) is 9.31. The van der Waals surface area contributed by atoms with Crippen LogP contribution in [-0.4, -0.2) is 21.7 Å². The molecule has 1 aliphatic carbocycles. The number of anilines is 2.